The zero-order chi connectivity index (χ0) is 17.3. The van der Waals surface area contributed by atoms with E-state index >= 15 is 0 Å². The molecular weight excluding hydrogens is 330 g/mol. The van der Waals surface area contributed by atoms with Gasteiger partial charge in [-0.1, -0.05) is 6.07 Å². The fourth-order valence-electron chi connectivity index (χ4n) is 2.95. The number of nitrogens with zero attached hydrogens (tertiary/aromatic N) is 3. The first kappa shape index (κ1) is 17.9. The van der Waals surface area contributed by atoms with Gasteiger partial charge in [-0.25, -0.2) is 9.98 Å². The van der Waals surface area contributed by atoms with Gasteiger partial charge in [0.05, 0.1) is 22.9 Å². The number of rotatable bonds is 7. The molecule has 0 radical (unpaired) electrons. The van der Waals surface area contributed by atoms with Gasteiger partial charge in [-0.15, -0.1) is 11.3 Å². The van der Waals surface area contributed by atoms with Crippen molar-refractivity contribution in [2.75, 3.05) is 13.1 Å². The molecular formula is C19H27N5S. The van der Waals surface area contributed by atoms with Crippen LogP contribution in [0.15, 0.2) is 29.4 Å². The van der Waals surface area contributed by atoms with E-state index in [1.165, 1.54) is 41.3 Å². The minimum atomic E-state index is 0.593. The number of fused-ring (bicyclic) bond motifs is 1. The molecule has 2 aromatic rings. The Hall–Kier alpha value is -1.95. The van der Waals surface area contributed by atoms with Crippen LogP contribution in [0, 0.1) is 0 Å². The molecule has 3 rings (SSSR count). The summed E-state index contributed by atoms with van der Waals surface area (Å²) < 4.78 is 0. The molecule has 0 bridgehead atoms. The standard InChI is InChI=1S/C19H27N5S/c1-2-20-19(23-14-15-8-5-6-12-21-15)22-13-7-11-18-24-16-9-3-4-10-17(16)25-18/h5-6,8,12H,2-4,7,9-11,13-14H2,1H3,(H2,20,22,23). The Balaban J connectivity index is 1.44. The van der Waals surface area contributed by atoms with Gasteiger partial charge in [-0.3, -0.25) is 4.98 Å². The van der Waals surface area contributed by atoms with Crippen molar-refractivity contribution in [1.82, 2.24) is 20.6 Å². The maximum Gasteiger partial charge on any atom is 0.191 e. The Kier molecular flexibility index (Phi) is 6.79. The van der Waals surface area contributed by atoms with Gasteiger partial charge < -0.3 is 10.6 Å². The van der Waals surface area contributed by atoms with Gasteiger partial charge in [0.15, 0.2) is 5.96 Å². The maximum atomic E-state index is 4.82. The monoisotopic (exact) mass is 357 g/mol. The van der Waals surface area contributed by atoms with E-state index in [1.54, 1.807) is 6.20 Å². The average Bonchev–Trinajstić information content (AvgIpc) is 3.07. The number of guanidine groups is 1. The second kappa shape index (κ2) is 9.51. The van der Waals surface area contributed by atoms with Gasteiger partial charge >= 0.3 is 0 Å². The summed E-state index contributed by atoms with van der Waals surface area (Å²) in [5.74, 6) is 0.853. The van der Waals surface area contributed by atoms with Crippen molar-refractivity contribution in [2.24, 2.45) is 4.99 Å². The molecule has 1 aliphatic carbocycles. The van der Waals surface area contributed by atoms with Crippen molar-refractivity contribution in [3.63, 3.8) is 0 Å². The highest BCUT2D eigenvalue weighted by atomic mass is 32.1. The number of thiazole rings is 1. The van der Waals surface area contributed by atoms with Crippen LogP contribution >= 0.6 is 11.3 Å². The Morgan fingerprint density at radius 3 is 2.96 bits per heavy atom. The Bertz CT molecular complexity index is 657. The smallest absolute Gasteiger partial charge is 0.191 e. The zero-order valence-corrected chi connectivity index (χ0v) is 15.7. The molecule has 1 aliphatic rings. The molecule has 2 N–H and O–H groups in total. The summed E-state index contributed by atoms with van der Waals surface area (Å²) in [5, 5.41) is 8.00. The van der Waals surface area contributed by atoms with Crippen molar-refractivity contribution in [2.45, 2.75) is 52.0 Å². The molecule has 0 atom stereocenters. The third-order valence-corrected chi connectivity index (χ3v) is 5.44. The first-order valence-electron chi connectivity index (χ1n) is 9.24. The Morgan fingerprint density at radius 1 is 1.24 bits per heavy atom. The Morgan fingerprint density at radius 2 is 2.16 bits per heavy atom. The first-order valence-corrected chi connectivity index (χ1v) is 10.1. The van der Waals surface area contributed by atoms with E-state index in [0.717, 1.165) is 37.6 Å². The fourth-order valence-corrected chi connectivity index (χ4v) is 4.15. The number of pyridine rings is 1. The van der Waals surface area contributed by atoms with Gasteiger partial charge in [0.1, 0.15) is 0 Å². The van der Waals surface area contributed by atoms with Crippen molar-refractivity contribution < 1.29 is 0 Å². The van der Waals surface area contributed by atoms with Crippen LogP contribution in [0.4, 0.5) is 0 Å². The largest absolute Gasteiger partial charge is 0.357 e. The SMILES string of the molecule is CCNC(=NCc1ccccn1)NCCCc1nc2c(s1)CCCC2. The van der Waals surface area contributed by atoms with E-state index in [0.29, 0.717) is 6.54 Å². The van der Waals surface area contributed by atoms with Crippen molar-refractivity contribution >= 4 is 17.3 Å². The van der Waals surface area contributed by atoms with E-state index in [1.807, 2.05) is 29.5 Å². The molecule has 25 heavy (non-hydrogen) atoms. The molecule has 134 valence electrons. The van der Waals surface area contributed by atoms with Crippen molar-refractivity contribution in [1.29, 1.82) is 0 Å². The van der Waals surface area contributed by atoms with Crippen LogP contribution in [0.5, 0.6) is 0 Å². The van der Waals surface area contributed by atoms with E-state index in [-0.39, 0.29) is 0 Å². The molecule has 0 saturated heterocycles. The second-order valence-corrected chi connectivity index (χ2v) is 7.40. The summed E-state index contributed by atoms with van der Waals surface area (Å²) in [6.07, 6.45) is 8.96. The normalized spacial score (nSPS) is 14.2. The molecule has 0 spiro atoms. The fraction of sp³-hybridized carbons (Fsp3) is 0.526. The predicted molar refractivity (Wildman–Crippen MR) is 104 cm³/mol. The lowest BCUT2D eigenvalue weighted by molar-refractivity contribution is 0.678. The number of aliphatic imine (C=N–C) groups is 1. The lowest BCUT2D eigenvalue weighted by Crippen LogP contribution is -2.37. The summed E-state index contributed by atoms with van der Waals surface area (Å²) in [6, 6.07) is 5.91. The van der Waals surface area contributed by atoms with Gasteiger partial charge in [0.25, 0.3) is 0 Å². The lowest BCUT2D eigenvalue weighted by Gasteiger charge is -2.10. The van der Waals surface area contributed by atoms with Crippen LogP contribution in [-0.4, -0.2) is 29.0 Å². The van der Waals surface area contributed by atoms with Crippen LogP contribution in [-0.2, 0) is 25.8 Å². The summed E-state index contributed by atoms with van der Waals surface area (Å²) in [6.45, 7) is 4.43. The average molecular weight is 358 g/mol. The molecule has 6 heteroatoms. The van der Waals surface area contributed by atoms with Crippen LogP contribution in [0.1, 0.15) is 47.5 Å². The third-order valence-electron chi connectivity index (χ3n) is 4.22. The molecule has 0 fully saturated rings. The van der Waals surface area contributed by atoms with Crippen LogP contribution in [0.25, 0.3) is 0 Å². The molecule has 0 unspecified atom stereocenters. The van der Waals surface area contributed by atoms with Gasteiger partial charge in [0, 0.05) is 30.6 Å². The van der Waals surface area contributed by atoms with Crippen LogP contribution in [0.3, 0.4) is 0 Å². The molecule has 5 nitrogen and oxygen atoms in total. The number of hydrogen-bond acceptors (Lipinski definition) is 4. The summed E-state index contributed by atoms with van der Waals surface area (Å²) >= 11 is 1.92. The van der Waals surface area contributed by atoms with Gasteiger partial charge in [0.2, 0.25) is 0 Å². The number of aromatic nitrogens is 2. The third kappa shape index (κ3) is 5.53. The minimum Gasteiger partial charge on any atom is -0.357 e. The van der Waals surface area contributed by atoms with Crippen LogP contribution in [0.2, 0.25) is 0 Å². The van der Waals surface area contributed by atoms with E-state index in [2.05, 4.69) is 27.5 Å². The summed E-state index contributed by atoms with van der Waals surface area (Å²) in [4.78, 5) is 15.3. The Labute approximate surface area is 154 Å². The molecule has 0 saturated carbocycles. The second-order valence-electron chi connectivity index (χ2n) is 6.23. The highest BCUT2D eigenvalue weighted by Gasteiger charge is 2.14. The molecule has 2 heterocycles. The van der Waals surface area contributed by atoms with Gasteiger partial charge in [-0.2, -0.15) is 0 Å². The lowest BCUT2D eigenvalue weighted by atomic mass is 10.0. The molecule has 0 aliphatic heterocycles. The number of hydrogen-bond donors (Lipinski definition) is 2. The van der Waals surface area contributed by atoms with E-state index in [9.17, 15) is 0 Å². The van der Waals surface area contributed by atoms with E-state index in [4.69, 9.17) is 4.98 Å². The highest BCUT2D eigenvalue weighted by molar-refractivity contribution is 7.11. The predicted octanol–water partition coefficient (Wildman–Crippen LogP) is 3.10. The maximum absolute atomic E-state index is 4.82. The summed E-state index contributed by atoms with van der Waals surface area (Å²) in [5.41, 5.74) is 2.34. The highest BCUT2D eigenvalue weighted by Crippen LogP contribution is 2.27. The van der Waals surface area contributed by atoms with E-state index < -0.39 is 0 Å². The van der Waals surface area contributed by atoms with Crippen molar-refractivity contribution in [3.8, 4) is 0 Å². The number of nitrogens with one attached hydrogen (secondary N) is 2. The minimum absolute atomic E-state index is 0.593. The quantitative estimate of drug-likeness (QED) is 0.454. The van der Waals surface area contributed by atoms with Crippen molar-refractivity contribution in [3.05, 3.63) is 45.7 Å². The van der Waals surface area contributed by atoms with Crippen LogP contribution < -0.4 is 10.6 Å². The molecule has 2 aromatic heterocycles. The topological polar surface area (TPSA) is 62.2 Å². The first-order chi connectivity index (χ1) is 12.3. The molecule has 0 amide bonds. The number of aryl methyl sites for hydroxylation is 3. The summed E-state index contributed by atoms with van der Waals surface area (Å²) in [7, 11) is 0. The zero-order valence-electron chi connectivity index (χ0n) is 14.9. The molecule has 0 aromatic carbocycles. The van der Waals surface area contributed by atoms with Gasteiger partial charge in [-0.05, 0) is 51.2 Å².